The van der Waals surface area contributed by atoms with Crippen molar-refractivity contribution in [2.24, 2.45) is 0 Å². The first-order valence-electron chi connectivity index (χ1n) is 5.68. The molecule has 114 valence electrons. The number of halogens is 2. The number of nitrogens with one attached hydrogen (secondary N) is 1. The minimum atomic E-state index is -3.60. The van der Waals surface area contributed by atoms with E-state index in [1.807, 2.05) is 0 Å². The van der Waals surface area contributed by atoms with Gasteiger partial charge in [0.25, 0.3) is 6.43 Å². The van der Waals surface area contributed by atoms with Gasteiger partial charge in [-0.15, -0.1) is 0 Å². The van der Waals surface area contributed by atoms with E-state index < -0.39 is 22.6 Å². The summed E-state index contributed by atoms with van der Waals surface area (Å²) in [5.41, 5.74) is 6.04. The highest BCUT2D eigenvalue weighted by molar-refractivity contribution is 7.89. The largest absolute Gasteiger partial charge is 0.397 e. The van der Waals surface area contributed by atoms with Crippen LogP contribution >= 0.6 is 0 Å². The second-order valence-corrected chi connectivity index (χ2v) is 6.47. The predicted octanol–water partition coefficient (Wildman–Crippen LogP) is 0.557. The predicted molar refractivity (Wildman–Crippen MR) is 72.2 cm³/mol. The van der Waals surface area contributed by atoms with E-state index in [0.717, 1.165) is 4.31 Å². The van der Waals surface area contributed by atoms with E-state index in [1.165, 1.54) is 32.3 Å². The zero-order chi connectivity index (χ0) is 15.5. The molecule has 0 aliphatic heterocycles. The van der Waals surface area contributed by atoms with Gasteiger partial charge in [0.2, 0.25) is 10.0 Å². The van der Waals surface area contributed by atoms with E-state index in [0.29, 0.717) is 0 Å². The number of rotatable bonds is 6. The Bertz CT molecular complexity index is 564. The second-order valence-electron chi connectivity index (χ2n) is 4.32. The number of aliphatic hydroxyl groups is 1. The topological polar surface area (TPSA) is 95.7 Å². The standard InChI is InChI=1S/C11H17F2N3O3S/c1-16(2)20(18,19)7-3-4-9(8(14)5-7)15-6-10(17)11(12)13/h3-5,10-11,15,17H,6,14H2,1-2H3. The Morgan fingerprint density at radius 1 is 1.40 bits per heavy atom. The third kappa shape index (κ3) is 3.78. The lowest BCUT2D eigenvalue weighted by molar-refractivity contribution is 0.00385. The molecule has 4 N–H and O–H groups in total. The average Bonchev–Trinajstić information content (AvgIpc) is 2.36. The zero-order valence-electron chi connectivity index (χ0n) is 11.0. The van der Waals surface area contributed by atoms with Crippen LogP contribution < -0.4 is 11.1 Å². The van der Waals surface area contributed by atoms with Crippen molar-refractivity contribution in [1.29, 1.82) is 0 Å². The molecule has 1 aromatic rings. The molecule has 0 saturated heterocycles. The normalized spacial score (nSPS) is 13.8. The summed E-state index contributed by atoms with van der Waals surface area (Å²) in [5.74, 6) is 0. The van der Waals surface area contributed by atoms with Crippen molar-refractivity contribution in [3.8, 4) is 0 Å². The number of nitrogen functional groups attached to an aromatic ring is 1. The lowest BCUT2D eigenvalue weighted by atomic mass is 10.2. The van der Waals surface area contributed by atoms with Gasteiger partial charge >= 0.3 is 0 Å². The van der Waals surface area contributed by atoms with Crippen molar-refractivity contribution in [3.05, 3.63) is 18.2 Å². The van der Waals surface area contributed by atoms with Gasteiger partial charge in [0.05, 0.1) is 16.3 Å². The first-order valence-corrected chi connectivity index (χ1v) is 7.12. The van der Waals surface area contributed by atoms with Crippen LogP contribution in [0, 0.1) is 0 Å². The fraction of sp³-hybridized carbons (Fsp3) is 0.455. The third-order valence-electron chi connectivity index (χ3n) is 2.59. The molecular weight excluding hydrogens is 292 g/mol. The summed E-state index contributed by atoms with van der Waals surface area (Å²) in [6, 6.07) is 3.90. The van der Waals surface area contributed by atoms with Gasteiger partial charge < -0.3 is 16.2 Å². The number of nitrogens with zero attached hydrogens (tertiary/aromatic N) is 1. The van der Waals surface area contributed by atoms with E-state index in [2.05, 4.69) is 5.32 Å². The highest BCUT2D eigenvalue weighted by atomic mass is 32.2. The van der Waals surface area contributed by atoms with E-state index in [1.54, 1.807) is 0 Å². The maximum Gasteiger partial charge on any atom is 0.265 e. The zero-order valence-corrected chi connectivity index (χ0v) is 11.9. The van der Waals surface area contributed by atoms with E-state index in [-0.39, 0.29) is 22.8 Å². The third-order valence-corrected chi connectivity index (χ3v) is 4.41. The summed E-state index contributed by atoms with van der Waals surface area (Å²) in [6.07, 6.45) is -4.68. The minimum absolute atomic E-state index is 0.0000388. The fourth-order valence-corrected chi connectivity index (χ4v) is 2.31. The molecule has 1 rings (SSSR count). The molecule has 0 aliphatic carbocycles. The van der Waals surface area contributed by atoms with Gasteiger partial charge in [-0.2, -0.15) is 0 Å². The lowest BCUT2D eigenvalue weighted by Gasteiger charge is -2.15. The Labute approximate surface area is 116 Å². The second kappa shape index (κ2) is 6.33. The van der Waals surface area contributed by atoms with Crippen molar-refractivity contribution < 1.29 is 22.3 Å². The molecule has 1 unspecified atom stereocenters. The SMILES string of the molecule is CN(C)S(=O)(=O)c1ccc(NCC(O)C(F)F)c(N)c1. The van der Waals surface area contributed by atoms with Crippen LogP contribution in [-0.4, -0.2) is 51.0 Å². The number of alkyl halides is 2. The van der Waals surface area contributed by atoms with E-state index in [9.17, 15) is 17.2 Å². The Hall–Kier alpha value is -1.45. The summed E-state index contributed by atoms with van der Waals surface area (Å²) < 4.78 is 49.0. The molecule has 0 aliphatic rings. The van der Waals surface area contributed by atoms with Crippen molar-refractivity contribution in [1.82, 2.24) is 4.31 Å². The maximum atomic E-state index is 12.1. The van der Waals surface area contributed by atoms with Gasteiger partial charge in [-0.25, -0.2) is 21.5 Å². The molecule has 6 nitrogen and oxygen atoms in total. The van der Waals surface area contributed by atoms with Crippen LogP contribution in [0.15, 0.2) is 23.1 Å². The Morgan fingerprint density at radius 2 is 2.00 bits per heavy atom. The summed E-state index contributed by atoms with van der Waals surface area (Å²) in [7, 11) is -0.834. The molecule has 0 fully saturated rings. The van der Waals surface area contributed by atoms with Gasteiger partial charge in [-0.1, -0.05) is 0 Å². The first-order chi connectivity index (χ1) is 9.16. The van der Waals surface area contributed by atoms with Gasteiger partial charge in [-0.05, 0) is 18.2 Å². The number of aliphatic hydroxyl groups excluding tert-OH is 1. The summed E-state index contributed by atoms with van der Waals surface area (Å²) in [4.78, 5) is -0.0000388. The Morgan fingerprint density at radius 3 is 2.45 bits per heavy atom. The smallest absolute Gasteiger partial charge is 0.265 e. The van der Waals surface area contributed by atoms with Crippen LogP contribution in [-0.2, 0) is 10.0 Å². The molecule has 0 radical (unpaired) electrons. The molecule has 1 aromatic carbocycles. The van der Waals surface area contributed by atoms with E-state index >= 15 is 0 Å². The van der Waals surface area contributed by atoms with Crippen LogP contribution in [0.4, 0.5) is 20.2 Å². The number of hydrogen-bond donors (Lipinski definition) is 3. The van der Waals surface area contributed by atoms with Crippen molar-refractivity contribution >= 4 is 21.4 Å². The Balaban J connectivity index is 2.90. The van der Waals surface area contributed by atoms with Gasteiger partial charge in [0.1, 0.15) is 6.10 Å². The molecular formula is C11H17F2N3O3S. The molecule has 0 heterocycles. The number of sulfonamides is 1. The number of anilines is 2. The highest BCUT2D eigenvalue weighted by Crippen LogP contribution is 2.24. The van der Waals surface area contributed by atoms with Crippen molar-refractivity contribution in [2.45, 2.75) is 17.4 Å². The first kappa shape index (κ1) is 16.6. The maximum absolute atomic E-state index is 12.1. The summed E-state index contributed by atoms with van der Waals surface area (Å²) in [5, 5.41) is 11.5. The van der Waals surface area contributed by atoms with Gasteiger partial charge in [0, 0.05) is 20.6 Å². The molecule has 0 aromatic heterocycles. The number of benzene rings is 1. The molecule has 0 amide bonds. The van der Waals surface area contributed by atoms with Crippen LogP contribution in [0.25, 0.3) is 0 Å². The molecule has 0 bridgehead atoms. The molecule has 9 heteroatoms. The molecule has 0 spiro atoms. The number of nitrogens with two attached hydrogens (primary N) is 1. The quantitative estimate of drug-likeness (QED) is 0.667. The summed E-state index contributed by atoms with van der Waals surface area (Å²) >= 11 is 0. The summed E-state index contributed by atoms with van der Waals surface area (Å²) in [6.45, 7) is -0.387. The molecule has 1 atom stereocenters. The van der Waals surface area contributed by atoms with E-state index in [4.69, 9.17) is 10.8 Å². The monoisotopic (exact) mass is 309 g/mol. The van der Waals surface area contributed by atoms with Crippen LogP contribution in [0.5, 0.6) is 0 Å². The van der Waals surface area contributed by atoms with Crippen molar-refractivity contribution in [2.75, 3.05) is 31.7 Å². The molecule has 0 saturated carbocycles. The number of hydrogen-bond acceptors (Lipinski definition) is 5. The van der Waals surface area contributed by atoms with Gasteiger partial charge in [-0.3, -0.25) is 0 Å². The van der Waals surface area contributed by atoms with Crippen LogP contribution in [0.3, 0.4) is 0 Å². The Kier molecular flexibility index (Phi) is 5.26. The van der Waals surface area contributed by atoms with Crippen LogP contribution in [0.2, 0.25) is 0 Å². The van der Waals surface area contributed by atoms with Crippen molar-refractivity contribution in [3.63, 3.8) is 0 Å². The highest BCUT2D eigenvalue weighted by Gasteiger charge is 2.19. The minimum Gasteiger partial charge on any atom is -0.397 e. The molecule has 20 heavy (non-hydrogen) atoms. The van der Waals surface area contributed by atoms with Gasteiger partial charge in [0.15, 0.2) is 0 Å². The average molecular weight is 309 g/mol. The lowest BCUT2D eigenvalue weighted by Crippen LogP contribution is -2.27. The van der Waals surface area contributed by atoms with Crippen LogP contribution in [0.1, 0.15) is 0 Å². The fourth-order valence-electron chi connectivity index (χ4n) is 1.38.